The molecular weight excluding hydrogens is 227 g/mol. The molecule has 5 nitrogen and oxygen atoms in total. The topological polar surface area (TPSA) is 69.6 Å². The van der Waals surface area contributed by atoms with Crippen molar-refractivity contribution in [1.82, 2.24) is 4.90 Å². The van der Waals surface area contributed by atoms with Gasteiger partial charge < -0.3 is 15.3 Å². The number of likely N-dealkylation sites (N-methyl/N-ethyl adjacent to an activating group) is 1. The van der Waals surface area contributed by atoms with Crippen LogP contribution in [0.15, 0.2) is 18.2 Å². The van der Waals surface area contributed by atoms with Gasteiger partial charge in [-0.3, -0.25) is 4.79 Å². The van der Waals surface area contributed by atoms with Crippen LogP contribution in [0, 0.1) is 5.82 Å². The SMILES string of the molecule is CN(C)CC(=O)Nc1ccc(C(=O)O)c(F)c1. The molecule has 0 saturated carbocycles. The minimum Gasteiger partial charge on any atom is -0.478 e. The maximum absolute atomic E-state index is 13.3. The molecule has 0 atom stereocenters. The van der Waals surface area contributed by atoms with Crippen LogP contribution < -0.4 is 5.32 Å². The van der Waals surface area contributed by atoms with Crippen LogP contribution in [0.4, 0.5) is 10.1 Å². The van der Waals surface area contributed by atoms with Gasteiger partial charge in [-0.05, 0) is 32.3 Å². The summed E-state index contributed by atoms with van der Waals surface area (Å²) in [5, 5.41) is 11.1. The highest BCUT2D eigenvalue weighted by atomic mass is 19.1. The Balaban J connectivity index is 2.77. The van der Waals surface area contributed by atoms with E-state index in [1.54, 1.807) is 19.0 Å². The fourth-order valence-electron chi connectivity index (χ4n) is 1.25. The summed E-state index contributed by atoms with van der Waals surface area (Å²) in [6.07, 6.45) is 0. The van der Waals surface area contributed by atoms with Gasteiger partial charge in [0.25, 0.3) is 0 Å². The van der Waals surface area contributed by atoms with Crippen molar-refractivity contribution >= 4 is 17.6 Å². The first-order chi connectivity index (χ1) is 7.90. The van der Waals surface area contributed by atoms with Gasteiger partial charge >= 0.3 is 5.97 Å². The first kappa shape index (κ1) is 13.1. The number of carboxylic acid groups (broad SMARTS) is 1. The summed E-state index contributed by atoms with van der Waals surface area (Å²) in [7, 11) is 3.46. The van der Waals surface area contributed by atoms with Crippen LogP contribution in [0.25, 0.3) is 0 Å². The second-order valence-corrected chi connectivity index (χ2v) is 3.79. The standard InChI is InChI=1S/C11H13FN2O3/c1-14(2)6-10(15)13-7-3-4-8(11(16)17)9(12)5-7/h3-5H,6H2,1-2H3,(H,13,15)(H,16,17). The molecule has 0 radical (unpaired) electrons. The summed E-state index contributed by atoms with van der Waals surface area (Å²) in [6, 6.07) is 3.44. The Kier molecular flexibility index (Phi) is 4.17. The lowest BCUT2D eigenvalue weighted by Gasteiger charge is -2.10. The molecule has 17 heavy (non-hydrogen) atoms. The van der Waals surface area contributed by atoms with Crippen molar-refractivity contribution in [3.05, 3.63) is 29.6 Å². The van der Waals surface area contributed by atoms with Crippen molar-refractivity contribution in [1.29, 1.82) is 0 Å². The van der Waals surface area contributed by atoms with Crippen LogP contribution in [0.1, 0.15) is 10.4 Å². The lowest BCUT2D eigenvalue weighted by Crippen LogP contribution is -2.27. The molecule has 6 heteroatoms. The van der Waals surface area contributed by atoms with Crippen LogP contribution in [-0.2, 0) is 4.79 Å². The van der Waals surface area contributed by atoms with E-state index in [0.717, 1.165) is 12.1 Å². The molecule has 0 unspecified atom stereocenters. The molecule has 0 aliphatic carbocycles. The molecule has 2 N–H and O–H groups in total. The average molecular weight is 240 g/mol. The summed E-state index contributed by atoms with van der Waals surface area (Å²) in [4.78, 5) is 23.6. The molecule has 1 aromatic rings. The summed E-state index contributed by atoms with van der Waals surface area (Å²) in [5.41, 5.74) is -0.185. The number of carboxylic acids is 1. The van der Waals surface area contributed by atoms with E-state index in [2.05, 4.69) is 5.32 Å². The number of hydrogen-bond acceptors (Lipinski definition) is 3. The third-order valence-corrected chi connectivity index (χ3v) is 1.94. The van der Waals surface area contributed by atoms with Crippen LogP contribution in [0.5, 0.6) is 0 Å². The molecule has 0 fully saturated rings. The van der Waals surface area contributed by atoms with E-state index in [9.17, 15) is 14.0 Å². The number of carbonyl (C=O) groups excluding carboxylic acids is 1. The van der Waals surface area contributed by atoms with Gasteiger partial charge in [0.2, 0.25) is 5.91 Å². The summed E-state index contributed by atoms with van der Waals surface area (Å²) >= 11 is 0. The minimum absolute atomic E-state index is 0.169. The molecule has 0 heterocycles. The Morgan fingerprint density at radius 1 is 1.41 bits per heavy atom. The number of nitrogens with one attached hydrogen (secondary N) is 1. The number of carbonyl (C=O) groups is 2. The third-order valence-electron chi connectivity index (χ3n) is 1.94. The van der Waals surface area contributed by atoms with Gasteiger partial charge in [-0.25, -0.2) is 9.18 Å². The van der Waals surface area contributed by atoms with Gasteiger partial charge in [0.15, 0.2) is 0 Å². The van der Waals surface area contributed by atoms with Crippen molar-refractivity contribution in [2.75, 3.05) is 26.0 Å². The maximum Gasteiger partial charge on any atom is 0.338 e. The van der Waals surface area contributed by atoms with E-state index < -0.39 is 17.3 Å². The molecule has 1 rings (SSSR count). The number of nitrogens with zero attached hydrogens (tertiary/aromatic N) is 1. The highest BCUT2D eigenvalue weighted by Crippen LogP contribution is 2.14. The quantitative estimate of drug-likeness (QED) is 0.824. The zero-order valence-electron chi connectivity index (χ0n) is 9.53. The molecule has 0 aliphatic rings. The molecule has 0 spiro atoms. The Labute approximate surface area is 97.8 Å². The molecule has 92 valence electrons. The molecule has 0 aromatic heterocycles. The Bertz CT molecular complexity index is 446. The number of hydrogen-bond donors (Lipinski definition) is 2. The van der Waals surface area contributed by atoms with Crippen LogP contribution in [0.3, 0.4) is 0 Å². The number of halogens is 1. The average Bonchev–Trinajstić information content (AvgIpc) is 2.15. The fourth-order valence-corrected chi connectivity index (χ4v) is 1.25. The highest BCUT2D eigenvalue weighted by molar-refractivity contribution is 5.93. The number of benzene rings is 1. The van der Waals surface area contributed by atoms with Crippen molar-refractivity contribution in [3.63, 3.8) is 0 Å². The van der Waals surface area contributed by atoms with Crippen molar-refractivity contribution in [3.8, 4) is 0 Å². The molecular formula is C11H13FN2O3. The van der Waals surface area contributed by atoms with E-state index in [4.69, 9.17) is 5.11 Å². The normalized spacial score (nSPS) is 10.4. The minimum atomic E-state index is -1.34. The van der Waals surface area contributed by atoms with Gasteiger partial charge in [-0.2, -0.15) is 0 Å². The summed E-state index contributed by atoms with van der Waals surface area (Å²) in [5.74, 6) is -2.51. The number of rotatable bonds is 4. The van der Waals surface area contributed by atoms with Gasteiger partial charge in [0, 0.05) is 5.69 Å². The highest BCUT2D eigenvalue weighted by Gasteiger charge is 2.11. The van der Waals surface area contributed by atoms with E-state index in [-0.39, 0.29) is 18.1 Å². The fraction of sp³-hybridized carbons (Fsp3) is 0.273. The zero-order chi connectivity index (χ0) is 13.0. The molecule has 1 amide bonds. The Morgan fingerprint density at radius 2 is 2.06 bits per heavy atom. The Hall–Kier alpha value is -1.95. The molecule has 0 saturated heterocycles. The van der Waals surface area contributed by atoms with E-state index in [1.165, 1.54) is 6.07 Å². The van der Waals surface area contributed by atoms with E-state index >= 15 is 0 Å². The smallest absolute Gasteiger partial charge is 0.338 e. The van der Waals surface area contributed by atoms with E-state index in [0.29, 0.717) is 0 Å². The summed E-state index contributed by atoms with van der Waals surface area (Å²) < 4.78 is 13.3. The van der Waals surface area contributed by atoms with Crippen molar-refractivity contribution in [2.45, 2.75) is 0 Å². The largest absolute Gasteiger partial charge is 0.478 e. The predicted octanol–water partition coefficient (Wildman–Crippen LogP) is 1.02. The number of aromatic carboxylic acids is 1. The Morgan fingerprint density at radius 3 is 2.53 bits per heavy atom. The first-order valence-corrected chi connectivity index (χ1v) is 4.87. The predicted molar refractivity (Wildman–Crippen MR) is 60.5 cm³/mol. The zero-order valence-corrected chi connectivity index (χ0v) is 9.53. The number of anilines is 1. The van der Waals surface area contributed by atoms with Crippen LogP contribution >= 0.6 is 0 Å². The van der Waals surface area contributed by atoms with Gasteiger partial charge in [0.05, 0.1) is 12.1 Å². The van der Waals surface area contributed by atoms with Crippen molar-refractivity contribution in [2.24, 2.45) is 0 Å². The van der Waals surface area contributed by atoms with Crippen molar-refractivity contribution < 1.29 is 19.1 Å². The second kappa shape index (κ2) is 5.40. The monoisotopic (exact) mass is 240 g/mol. The molecule has 0 aliphatic heterocycles. The van der Waals surface area contributed by atoms with Gasteiger partial charge in [0.1, 0.15) is 5.82 Å². The van der Waals surface area contributed by atoms with Crippen LogP contribution in [-0.4, -0.2) is 42.5 Å². The first-order valence-electron chi connectivity index (χ1n) is 4.87. The van der Waals surface area contributed by atoms with Crippen LogP contribution in [0.2, 0.25) is 0 Å². The molecule has 1 aromatic carbocycles. The lowest BCUT2D eigenvalue weighted by molar-refractivity contribution is -0.116. The number of amides is 1. The maximum atomic E-state index is 13.3. The molecule has 0 bridgehead atoms. The second-order valence-electron chi connectivity index (χ2n) is 3.79. The summed E-state index contributed by atoms with van der Waals surface area (Å²) in [6.45, 7) is 0.169. The van der Waals surface area contributed by atoms with Gasteiger partial charge in [-0.1, -0.05) is 0 Å². The third kappa shape index (κ3) is 3.84. The van der Waals surface area contributed by atoms with E-state index in [1.807, 2.05) is 0 Å². The van der Waals surface area contributed by atoms with Gasteiger partial charge in [-0.15, -0.1) is 0 Å². The lowest BCUT2D eigenvalue weighted by atomic mass is 10.2.